The Hall–Kier alpha value is -1.00. The Morgan fingerprint density at radius 3 is 2.50 bits per heavy atom. The topological polar surface area (TPSA) is 42.2 Å². The highest BCUT2D eigenvalue weighted by atomic mass is 32.1. The molecule has 0 saturated carbocycles. The first-order valence-electron chi connectivity index (χ1n) is 6.29. The zero-order chi connectivity index (χ0) is 13.6. The molecule has 0 aliphatic heterocycles. The van der Waals surface area contributed by atoms with Crippen molar-refractivity contribution in [1.29, 1.82) is 0 Å². The van der Waals surface area contributed by atoms with E-state index in [1.807, 2.05) is 12.4 Å². The average molecular weight is 265 g/mol. The van der Waals surface area contributed by atoms with E-state index < -0.39 is 0 Å². The Morgan fingerprint density at radius 2 is 1.94 bits per heavy atom. The van der Waals surface area contributed by atoms with Crippen LogP contribution in [0.5, 0.6) is 0 Å². The van der Waals surface area contributed by atoms with Gasteiger partial charge in [0.05, 0.1) is 4.99 Å². The van der Waals surface area contributed by atoms with Gasteiger partial charge in [-0.3, -0.25) is 4.98 Å². The highest BCUT2D eigenvalue weighted by Gasteiger charge is 2.21. The van der Waals surface area contributed by atoms with Crippen LogP contribution in [0, 0.1) is 5.41 Å². The minimum Gasteiger partial charge on any atom is -0.393 e. The van der Waals surface area contributed by atoms with E-state index >= 15 is 0 Å². The minimum absolute atomic E-state index is 0.0553. The third-order valence-corrected chi connectivity index (χ3v) is 3.87. The standard InChI is InChI=1S/C14H23N3S/c1-14(2,13(15)18)7-11-17(3)10-6-12-4-8-16-9-5-12/h4-5,8-9H,6-7,10-11H2,1-3H3,(H2,15,18). The first-order valence-corrected chi connectivity index (χ1v) is 6.70. The molecule has 0 radical (unpaired) electrons. The van der Waals surface area contributed by atoms with Gasteiger partial charge in [0.1, 0.15) is 0 Å². The minimum atomic E-state index is -0.0553. The van der Waals surface area contributed by atoms with Gasteiger partial charge in [0.25, 0.3) is 0 Å². The smallest absolute Gasteiger partial charge is 0.0784 e. The number of thiocarbonyl (C=S) groups is 1. The van der Waals surface area contributed by atoms with Crippen LogP contribution in [-0.4, -0.2) is 35.0 Å². The summed E-state index contributed by atoms with van der Waals surface area (Å²) in [7, 11) is 2.14. The second kappa shape index (κ2) is 6.81. The van der Waals surface area contributed by atoms with Crippen molar-refractivity contribution in [3.63, 3.8) is 0 Å². The molecule has 0 atom stereocenters. The van der Waals surface area contributed by atoms with Crippen LogP contribution in [-0.2, 0) is 6.42 Å². The number of hydrogen-bond donors (Lipinski definition) is 1. The van der Waals surface area contributed by atoms with Gasteiger partial charge < -0.3 is 10.6 Å². The number of nitrogens with two attached hydrogens (primary N) is 1. The monoisotopic (exact) mass is 265 g/mol. The molecule has 1 aromatic rings. The van der Waals surface area contributed by atoms with Gasteiger partial charge in [-0.25, -0.2) is 0 Å². The molecule has 4 heteroatoms. The molecule has 1 aromatic heterocycles. The van der Waals surface area contributed by atoms with Gasteiger partial charge in [-0.05, 0) is 44.1 Å². The molecule has 0 spiro atoms. The molecule has 0 unspecified atom stereocenters. The Kier molecular flexibility index (Phi) is 5.69. The van der Waals surface area contributed by atoms with Gasteiger partial charge in [-0.15, -0.1) is 0 Å². The lowest BCUT2D eigenvalue weighted by atomic mass is 9.89. The quantitative estimate of drug-likeness (QED) is 0.768. The molecule has 3 nitrogen and oxygen atoms in total. The van der Waals surface area contributed by atoms with Crippen LogP contribution in [0.4, 0.5) is 0 Å². The van der Waals surface area contributed by atoms with Crippen LogP contribution >= 0.6 is 12.2 Å². The highest BCUT2D eigenvalue weighted by Crippen LogP contribution is 2.20. The first kappa shape index (κ1) is 15.1. The highest BCUT2D eigenvalue weighted by molar-refractivity contribution is 7.80. The zero-order valence-corrected chi connectivity index (χ0v) is 12.3. The average Bonchev–Trinajstić information content (AvgIpc) is 2.35. The molecule has 1 heterocycles. The van der Waals surface area contributed by atoms with Gasteiger partial charge in [0.15, 0.2) is 0 Å². The SMILES string of the molecule is CN(CCc1ccncc1)CCC(C)(C)C(N)=S. The lowest BCUT2D eigenvalue weighted by Gasteiger charge is -2.26. The molecule has 0 fully saturated rings. The van der Waals surface area contributed by atoms with Gasteiger partial charge >= 0.3 is 0 Å². The zero-order valence-electron chi connectivity index (χ0n) is 11.5. The Balaban J connectivity index is 2.30. The van der Waals surface area contributed by atoms with Crippen LogP contribution < -0.4 is 5.73 Å². The van der Waals surface area contributed by atoms with Gasteiger partial charge in [0.2, 0.25) is 0 Å². The Labute approximate surface area is 115 Å². The van der Waals surface area contributed by atoms with Gasteiger partial charge in [0, 0.05) is 24.4 Å². The van der Waals surface area contributed by atoms with Crippen LogP contribution in [0.2, 0.25) is 0 Å². The molecule has 0 aliphatic rings. The van der Waals surface area contributed by atoms with E-state index in [0.29, 0.717) is 4.99 Å². The summed E-state index contributed by atoms with van der Waals surface area (Å²) in [5.74, 6) is 0. The summed E-state index contributed by atoms with van der Waals surface area (Å²) in [4.78, 5) is 6.94. The van der Waals surface area contributed by atoms with E-state index in [1.165, 1.54) is 5.56 Å². The summed E-state index contributed by atoms with van der Waals surface area (Å²) in [6.45, 7) is 6.25. The Bertz CT molecular complexity index is 376. The fraction of sp³-hybridized carbons (Fsp3) is 0.571. The predicted molar refractivity (Wildman–Crippen MR) is 80.6 cm³/mol. The van der Waals surface area contributed by atoms with Crippen molar-refractivity contribution in [2.45, 2.75) is 26.7 Å². The second-order valence-electron chi connectivity index (χ2n) is 5.41. The molecule has 0 amide bonds. The summed E-state index contributed by atoms with van der Waals surface area (Å²) in [6, 6.07) is 4.12. The fourth-order valence-corrected chi connectivity index (χ4v) is 1.68. The first-order chi connectivity index (χ1) is 8.42. The number of pyridine rings is 1. The van der Waals surface area contributed by atoms with Crippen molar-refractivity contribution >= 4 is 17.2 Å². The molecule has 1 rings (SSSR count). The van der Waals surface area contributed by atoms with E-state index in [-0.39, 0.29) is 5.41 Å². The fourth-order valence-electron chi connectivity index (χ4n) is 1.57. The molecule has 0 bridgehead atoms. The summed E-state index contributed by atoms with van der Waals surface area (Å²) in [5, 5.41) is 0. The molecular weight excluding hydrogens is 242 g/mol. The largest absolute Gasteiger partial charge is 0.393 e. The Morgan fingerprint density at radius 1 is 1.33 bits per heavy atom. The molecule has 0 aliphatic carbocycles. The van der Waals surface area contributed by atoms with Gasteiger partial charge in [-0.2, -0.15) is 0 Å². The van der Waals surface area contributed by atoms with Crippen molar-refractivity contribution < 1.29 is 0 Å². The normalized spacial score (nSPS) is 11.8. The molecular formula is C14H23N3S. The maximum absolute atomic E-state index is 5.73. The van der Waals surface area contributed by atoms with E-state index in [2.05, 4.69) is 42.9 Å². The molecule has 0 aromatic carbocycles. The number of nitrogens with zero attached hydrogens (tertiary/aromatic N) is 2. The second-order valence-corrected chi connectivity index (χ2v) is 5.85. The van der Waals surface area contributed by atoms with E-state index in [4.69, 9.17) is 18.0 Å². The number of hydrogen-bond acceptors (Lipinski definition) is 3. The number of rotatable bonds is 7. The maximum Gasteiger partial charge on any atom is 0.0784 e. The molecule has 0 saturated heterocycles. The molecule has 2 N–H and O–H groups in total. The van der Waals surface area contributed by atoms with E-state index in [1.54, 1.807) is 0 Å². The third kappa shape index (κ3) is 5.10. The lowest BCUT2D eigenvalue weighted by Crippen LogP contribution is -2.34. The molecule has 100 valence electrons. The predicted octanol–water partition coefficient (Wildman–Crippen LogP) is 2.26. The van der Waals surface area contributed by atoms with Gasteiger partial charge in [-0.1, -0.05) is 26.1 Å². The van der Waals surface area contributed by atoms with Crippen molar-refractivity contribution in [2.75, 3.05) is 20.1 Å². The number of likely N-dealkylation sites (N-methyl/N-ethyl adjacent to an activating group) is 1. The van der Waals surface area contributed by atoms with Crippen molar-refractivity contribution in [2.24, 2.45) is 11.1 Å². The van der Waals surface area contributed by atoms with Crippen LogP contribution in [0.15, 0.2) is 24.5 Å². The number of aromatic nitrogens is 1. The third-order valence-electron chi connectivity index (χ3n) is 3.32. The van der Waals surface area contributed by atoms with Crippen molar-refractivity contribution in [3.8, 4) is 0 Å². The van der Waals surface area contributed by atoms with Crippen LogP contribution in [0.1, 0.15) is 25.8 Å². The summed E-state index contributed by atoms with van der Waals surface area (Å²) in [6.07, 6.45) is 5.72. The molecule has 18 heavy (non-hydrogen) atoms. The summed E-state index contributed by atoms with van der Waals surface area (Å²) in [5.41, 5.74) is 7.00. The lowest BCUT2D eigenvalue weighted by molar-refractivity contribution is 0.295. The summed E-state index contributed by atoms with van der Waals surface area (Å²) < 4.78 is 0. The van der Waals surface area contributed by atoms with E-state index in [9.17, 15) is 0 Å². The maximum atomic E-state index is 5.73. The van der Waals surface area contributed by atoms with Crippen molar-refractivity contribution in [1.82, 2.24) is 9.88 Å². The van der Waals surface area contributed by atoms with E-state index in [0.717, 1.165) is 25.9 Å². The van der Waals surface area contributed by atoms with Crippen LogP contribution in [0.3, 0.4) is 0 Å². The van der Waals surface area contributed by atoms with Crippen LogP contribution in [0.25, 0.3) is 0 Å². The van der Waals surface area contributed by atoms with Crippen molar-refractivity contribution in [3.05, 3.63) is 30.1 Å². The summed E-state index contributed by atoms with van der Waals surface area (Å²) >= 11 is 5.08.